The number of fused-ring (bicyclic) bond motifs is 1. The summed E-state index contributed by atoms with van der Waals surface area (Å²) in [6.45, 7) is 9.93. The number of amides is 2. The van der Waals surface area contributed by atoms with Gasteiger partial charge < -0.3 is 23.7 Å². The topological polar surface area (TPSA) is 72.2 Å². The Kier molecular flexibility index (Phi) is 7.15. The summed E-state index contributed by atoms with van der Waals surface area (Å²) in [5.74, 6) is 0.604. The van der Waals surface area contributed by atoms with E-state index in [9.17, 15) is 9.59 Å². The summed E-state index contributed by atoms with van der Waals surface area (Å²) in [7, 11) is 1.63. The number of carbonyl (C=O) groups is 2. The van der Waals surface area contributed by atoms with E-state index >= 15 is 0 Å². The predicted molar refractivity (Wildman–Crippen MR) is 137 cm³/mol. The van der Waals surface area contributed by atoms with Gasteiger partial charge in [0, 0.05) is 54.3 Å². The van der Waals surface area contributed by atoms with Gasteiger partial charge in [-0.2, -0.15) is 0 Å². The second-order valence-electron chi connectivity index (χ2n) is 8.81. The molecule has 184 valence electrons. The van der Waals surface area contributed by atoms with Crippen LogP contribution in [-0.2, 0) is 9.53 Å². The smallest absolute Gasteiger partial charge is 0.409 e. The lowest BCUT2D eigenvalue weighted by Gasteiger charge is -2.33. The minimum Gasteiger partial charge on any atom is -0.496 e. The highest BCUT2D eigenvalue weighted by atomic mass is 16.6. The second-order valence-corrected chi connectivity index (χ2v) is 8.81. The molecule has 7 nitrogen and oxygen atoms in total. The van der Waals surface area contributed by atoms with Gasteiger partial charge in [-0.1, -0.05) is 29.8 Å². The highest BCUT2D eigenvalue weighted by Gasteiger charge is 2.25. The zero-order valence-corrected chi connectivity index (χ0v) is 21.0. The molecule has 0 atom stereocenters. The van der Waals surface area contributed by atoms with Crippen LogP contribution >= 0.6 is 0 Å². The Bertz CT molecular complexity index is 1260. The number of ether oxygens (including phenoxy) is 2. The average molecular weight is 477 g/mol. The maximum atomic E-state index is 13.1. The van der Waals surface area contributed by atoms with Gasteiger partial charge in [-0.25, -0.2) is 4.79 Å². The third-order valence-corrected chi connectivity index (χ3v) is 6.49. The number of aryl methyl sites for hydroxylation is 2. The summed E-state index contributed by atoms with van der Waals surface area (Å²) in [6, 6.07) is 10.4. The molecule has 1 aliphatic rings. The van der Waals surface area contributed by atoms with Gasteiger partial charge in [-0.15, -0.1) is 0 Å². The molecular formula is C28H32N2O5. The van der Waals surface area contributed by atoms with Crippen molar-refractivity contribution >= 4 is 28.5 Å². The van der Waals surface area contributed by atoms with Crippen LogP contribution in [0.4, 0.5) is 4.79 Å². The fourth-order valence-electron chi connectivity index (χ4n) is 4.51. The molecule has 3 aromatic rings. The summed E-state index contributed by atoms with van der Waals surface area (Å²) in [6.07, 6.45) is 3.09. The van der Waals surface area contributed by atoms with Crippen LogP contribution < -0.4 is 4.74 Å². The van der Waals surface area contributed by atoms with Crippen LogP contribution in [0.3, 0.4) is 0 Å². The average Bonchev–Trinajstić information content (AvgIpc) is 3.29. The minimum atomic E-state index is -0.329. The van der Waals surface area contributed by atoms with E-state index in [1.165, 1.54) is 5.56 Å². The van der Waals surface area contributed by atoms with E-state index in [2.05, 4.69) is 31.2 Å². The number of rotatable bonds is 5. The van der Waals surface area contributed by atoms with E-state index < -0.39 is 0 Å². The summed E-state index contributed by atoms with van der Waals surface area (Å²) in [4.78, 5) is 28.4. The van der Waals surface area contributed by atoms with Crippen LogP contribution in [0.2, 0.25) is 0 Å². The first-order chi connectivity index (χ1) is 16.8. The van der Waals surface area contributed by atoms with Crippen LogP contribution in [0.5, 0.6) is 5.75 Å². The highest BCUT2D eigenvalue weighted by Crippen LogP contribution is 2.40. The first-order valence-electron chi connectivity index (χ1n) is 11.9. The van der Waals surface area contributed by atoms with Gasteiger partial charge in [0.2, 0.25) is 5.91 Å². The van der Waals surface area contributed by atoms with Crippen molar-refractivity contribution < 1.29 is 23.5 Å². The second kappa shape index (κ2) is 10.3. The van der Waals surface area contributed by atoms with Crippen molar-refractivity contribution in [3.05, 3.63) is 59.4 Å². The van der Waals surface area contributed by atoms with Gasteiger partial charge in [0.05, 0.1) is 20.0 Å². The normalized spacial score (nSPS) is 14.4. The maximum Gasteiger partial charge on any atom is 0.409 e. The molecule has 0 spiro atoms. The molecule has 0 unspecified atom stereocenters. The quantitative estimate of drug-likeness (QED) is 0.459. The molecule has 1 saturated heterocycles. The Morgan fingerprint density at radius 2 is 1.71 bits per heavy atom. The molecule has 1 fully saturated rings. The molecule has 4 rings (SSSR count). The van der Waals surface area contributed by atoms with Gasteiger partial charge in [0.1, 0.15) is 11.3 Å². The van der Waals surface area contributed by atoms with Gasteiger partial charge >= 0.3 is 6.09 Å². The van der Waals surface area contributed by atoms with Crippen molar-refractivity contribution in [1.29, 1.82) is 0 Å². The largest absolute Gasteiger partial charge is 0.496 e. The number of nitrogens with zero attached hydrogens (tertiary/aromatic N) is 2. The van der Waals surface area contributed by atoms with Crippen molar-refractivity contribution in [2.45, 2.75) is 27.7 Å². The number of benzene rings is 2. The molecule has 1 aliphatic heterocycles. The Balaban J connectivity index is 1.63. The molecule has 0 bridgehead atoms. The van der Waals surface area contributed by atoms with Gasteiger partial charge in [-0.05, 0) is 44.9 Å². The highest BCUT2D eigenvalue weighted by molar-refractivity contribution is 6.01. The molecule has 0 saturated carbocycles. The van der Waals surface area contributed by atoms with Gasteiger partial charge in [0.15, 0.2) is 0 Å². The van der Waals surface area contributed by atoms with Crippen LogP contribution in [-0.4, -0.2) is 61.7 Å². The Morgan fingerprint density at radius 3 is 2.34 bits per heavy atom. The lowest BCUT2D eigenvalue weighted by molar-refractivity contribution is -0.127. The summed E-state index contributed by atoms with van der Waals surface area (Å²) in [5, 5.41) is 0.977. The fraction of sp³-hybridized carbons (Fsp3) is 0.357. The van der Waals surface area contributed by atoms with Gasteiger partial charge in [-0.3, -0.25) is 4.79 Å². The monoisotopic (exact) mass is 476 g/mol. The zero-order chi connectivity index (χ0) is 25.1. The molecule has 0 aliphatic carbocycles. The van der Waals surface area contributed by atoms with Gasteiger partial charge in [0.25, 0.3) is 0 Å². The van der Waals surface area contributed by atoms with Crippen LogP contribution in [0, 0.1) is 13.8 Å². The first-order valence-corrected chi connectivity index (χ1v) is 11.9. The van der Waals surface area contributed by atoms with Crippen molar-refractivity contribution in [1.82, 2.24) is 9.80 Å². The Hall–Kier alpha value is -3.74. The first kappa shape index (κ1) is 24.4. The lowest BCUT2D eigenvalue weighted by atomic mass is 9.96. The maximum absolute atomic E-state index is 13.1. The Labute approximate surface area is 205 Å². The molecule has 0 N–H and O–H groups in total. The number of furan rings is 1. The van der Waals surface area contributed by atoms with Crippen molar-refractivity contribution in [2.75, 3.05) is 39.9 Å². The number of hydrogen-bond donors (Lipinski definition) is 0. The van der Waals surface area contributed by atoms with E-state index in [1.807, 2.05) is 19.9 Å². The van der Waals surface area contributed by atoms with Crippen LogP contribution in [0.15, 0.2) is 47.1 Å². The summed E-state index contributed by atoms with van der Waals surface area (Å²) >= 11 is 0. The summed E-state index contributed by atoms with van der Waals surface area (Å²) in [5.41, 5.74) is 6.59. The number of allylic oxidation sites excluding steroid dienone is 1. The van der Waals surface area contributed by atoms with E-state index in [4.69, 9.17) is 13.9 Å². The molecule has 7 heteroatoms. The van der Waals surface area contributed by atoms with Crippen LogP contribution in [0.25, 0.3) is 27.7 Å². The van der Waals surface area contributed by atoms with Crippen molar-refractivity contribution in [2.24, 2.45) is 0 Å². The molecule has 1 aromatic heterocycles. The fourth-order valence-corrected chi connectivity index (χ4v) is 4.51. The molecule has 2 heterocycles. The van der Waals surface area contributed by atoms with E-state index in [0.717, 1.165) is 38.8 Å². The number of carbonyl (C=O) groups excluding carboxylic acids is 2. The molecule has 35 heavy (non-hydrogen) atoms. The summed E-state index contributed by atoms with van der Waals surface area (Å²) < 4.78 is 16.8. The molecule has 2 amide bonds. The number of methoxy groups -OCH3 is 1. The minimum absolute atomic E-state index is 0.0863. The molecule has 2 aromatic carbocycles. The van der Waals surface area contributed by atoms with E-state index in [-0.39, 0.29) is 12.0 Å². The SMILES string of the molecule is CCOC(=O)N1CCN(C(=O)/C=C(\C)c2cc3c(-c4ccc(C)cc4)coc3c(C)c2OC)CC1. The van der Waals surface area contributed by atoms with Crippen molar-refractivity contribution in [3.8, 4) is 16.9 Å². The number of piperazine rings is 1. The predicted octanol–water partition coefficient (Wildman–Crippen LogP) is 5.43. The standard InChI is InChI=1S/C28H32N2O5/c1-6-34-28(32)30-13-11-29(12-14-30)25(31)15-19(3)22-16-23-24(21-9-7-18(2)8-10-21)17-35-27(23)20(4)26(22)33-5/h7-10,15-17H,6,11-14H2,1-5H3/b19-15+. The zero-order valence-electron chi connectivity index (χ0n) is 21.0. The molecular weight excluding hydrogens is 444 g/mol. The third kappa shape index (κ3) is 4.90. The van der Waals surface area contributed by atoms with E-state index in [1.54, 1.807) is 36.2 Å². The lowest BCUT2D eigenvalue weighted by Crippen LogP contribution is -2.50. The van der Waals surface area contributed by atoms with E-state index in [0.29, 0.717) is 38.5 Å². The van der Waals surface area contributed by atoms with Crippen molar-refractivity contribution in [3.63, 3.8) is 0 Å². The molecule has 0 radical (unpaired) electrons. The Morgan fingerprint density at radius 1 is 1.06 bits per heavy atom. The number of hydrogen-bond acceptors (Lipinski definition) is 5. The van der Waals surface area contributed by atoms with Crippen LogP contribution in [0.1, 0.15) is 30.5 Å². The third-order valence-electron chi connectivity index (χ3n) is 6.49.